The van der Waals surface area contributed by atoms with E-state index in [1.807, 2.05) is 30.3 Å². The third-order valence-electron chi connectivity index (χ3n) is 6.36. The van der Waals surface area contributed by atoms with Crippen molar-refractivity contribution < 1.29 is 22.7 Å². The van der Waals surface area contributed by atoms with Gasteiger partial charge in [0.25, 0.3) is 5.91 Å². The Morgan fingerprint density at radius 1 is 0.971 bits per heavy atom. The average Bonchev–Trinajstić information content (AvgIpc) is 3.58. The van der Waals surface area contributed by atoms with Crippen molar-refractivity contribution in [1.29, 1.82) is 0 Å². The summed E-state index contributed by atoms with van der Waals surface area (Å²) in [6.45, 7) is 1.96. The molecule has 5 rings (SSSR count). The Balaban J connectivity index is 1.19. The molecule has 1 atom stereocenters. The summed E-state index contributed by atoms with van der Waals surface area (Å²) in [5.74, 6) is 0.632. The fourth-order valence-corrected chi connectivity index (χ4v) is 5.47. The van der Waals surface area contributed by atoms with Crippen molar-refractivity contribution in [3.63, 3.8) is 0 Å². The first-order valence-corrected chi connectivity index (χ1v) is 13.3. The Hall–Kier alpha value is -3.20. The largest absolute Gasteiger partial charge is 0.493 e. The summed E-state index contributed by atoms with van der Waals surface area (Å²) in [4.78, 5) is 12.8. The second-order valence-corrected chi connectivity index (χ2v) is 10.6. The first-order valence-electron chi connectivity index (χ1n) is 11.8. The van der Waals surface area contributed by atoms with E-state index in [0.717, 1.165) is 48.3 Å². The van der Waals surface area contributed by atoms with E-state index in [4.69, 9.17) is 9.47 Å². The third-order valence-corrected chi connectivity index (χ3v) is 7.78. The highest BCUT2D eigenvalue weighted by Gasteiger charge is 2.21. The van der Waals surface area contributed by atoms with Gasteiger partial charge in [-0.1, -0.05) is 36.4 Å². The quantitative estimate of drug-likeness (QED) is 0.500. The van der Waals surface area contributed by atoms with Crippen molar-refractivity contribution >= 4 is 15.9 Å². The van der Waals surface area contributed by atoms with Gasteiger partial charge in [-0.3, -0.25) is 4.79 Å². The molecular weight excluding hydrogens is 464 g/mol. The van der Waals surface area contributed by atoms with Crippen LogP contribution in [0.5, 0.6) is 5.75 Å². The number of amides is 1. The lowest BCUT2D eigenvalue weighted by Crippen LogP contribution is -2.32. The van der Waals surface area contributed by atoms with E-state index in [1.165, 1.54) is 17.7 Å². The maximum Gasteiger partial charge on any atom is 0.251 e. The summed E-state index contributed by atoms with van der Waals surface area (Å²) in [7, 11) is -3.72. The van der Waals surface area contributed by atoms with Gasteiger partial charge >= 0.3 is 0 Å². The van der Waals surface area contributed by atoms with Crippen LogP contribution in [0.3, 0.4) is 0 Å². The van der Waals surface area contributed by atoms with Crippen LogP contribution in [0.2, 0.25) is 0 Å². The number of hydrogen-bond donors (Lipinski definition) is 2. The van der Waals surface area contributed by atoms with E-state index in [1.54, 1.807) is 12.1 Å². The van der Waals surface area contributed by atoms with E-state index < -0.39 is 10.0 Å². The molecule has 2 aliphatic heterocycles. The summed E-state index contributed by atoms with van der Waals surface area (Å²) in [5, 5.41) is 2.87. The fourth-order valence-electron chi connectivity index (χ4n) is 4.36. The van der Waals surface area contributed by atoms with Crippen LogP contribution in [0, 0.1) is 0 Å². The molecule has 0 aliphatic carbocycles. The van der Waals surface area contributed by atoms with Crippen molar-refractivity contribution in [1.82, 2.24) is 10.0 Å². The van der Waals surface area contributed by atoms with Crippen LogP contribution in [0.15, 0.2) is 71.6 Å². The molecule has 8 heteroatoms. The molecule has 2 N–H and O–H groups in total. The van der Waals surface area contributed by atoms with Crippen LogP contribution >= 0.6 is 0 Å². The molecule has 35 heavy (non-hydrogen) atoms. The van der Waals surface area contributed by atoms with E-state index in [0.29, 0.717) is 18.7 Å². The predicted molar refractivity (Wildman–Crippen MR) is 133 cm³/mol. The number of nitrogens with one attached hydrogen (secondary N) is 2. The highest BCUT2D eigenvalue weighted by atomic mass is 32.2. The Bertz CT molecular complexity index is 1320. The second-order valence-electron chi connectivity index (χ2n) is 8.82. The summed E-state index contributed by atoms with van der Waals surface area (Å²) in [6, 6.07) is 20.3. The van der Waals surface area contributed by atoms with E-state index in [-0.39, 0.29) is 23.5 Å². The van der Waals surface area contributed by atoms with Gasteiger partial charge in [-0.25, -0.2) is 13.1 Å². The number of carbonyl (C=O) groups excluding carboxylic acids is 1. The lowest BCUT2D eigenvalue weighted by Gasteiger charge is -2.12. The lowest BCUT2D eigenvalue weighted by atomic mass is 10.0. The Morgan fingerprint density at radius 3 is 2.60 bits per heavy atom. The molecule has 0 aromatic heterocycles. The smallest absolute Gasteiger partial charge is 0.251 e. The maximum absolute atomic E-state index is 12.7. The van der Waals surface area contributed by atoms with Gasteiger partial charge in [0.15, 0.2) is 0 Å². The van der Waals surface area contributed by atoms with Gasteiger partial charge in [0, 0.05) is 31.7 Å². The summed E-state index contributed by atoms with van der Waals surface area (Å²) in [6.07, 6.45) is 2.61. The standard InChI is InChI=1S/C27H28N2O5S/c30-27(23-3-1-5-25(16-23)35(31,32)29-18-24-4-2-13-33-24)28-17-19-6-8-20(9-7-19)21-10-11-26-22(15-21)12-14-34-26/h1,3,5-11,15-16,24,29H,2,4,12-14,17-18H2,(H,28,30). The van der Waals surface area contributed by atoms with Gasteiger partial charge < -0.3 is 14.8 Å². The lowest BCUT2D eigenvalue weighted by molar-refractivity contribution is 0.0950. The van der Waals surface area contributed by atoms with Gasteiger partial charge in [0.1, 0.15) is 5.75 Å². The molecule has 0 spiro atoms. The molecule has 2 aliphatic rings. The van der Waals surface area contributed by atoms with E-state index in [9.17, 15) is 13.2 Å². The molecule has 7 nitrogen and oxygen atoms in total. The molecule has 1 amide bonds. The number of benzene rings is 3. The molecule has 1 unspecified atom stereocenters. The number of fused-ring (bicyclic) bond motifs is 1. The molecule has 3 aromatic rings. The van der Waals surface area contributed by atoms with Gasteiger partial charge in [-0.2, -0.15) is 0 Å². The predicted octanol–water partition coefficient (Wildman–Crippen LogP) is 3.68. The summed E-state index contributed by atoms with van der Waals surface area (Å²) >= 11 is 0. The van der Waals surface area contributed by atoms with Gasteiger partial charge in [-0.15, -0.1) is 0 Å². The summed E-state index contributed by atoms with van der Waals surface area (Å²) in [5.41, 5.74) is 4.71. The molecule has 0 saturated carbocycles. The topological polar surface area (TPSA) is 93.7 Å². The van der Waals surface area contributed by atoms with Gasteiger partial charge in [0.2, 0.25) is 10.0 Å². The molecule has 1 fully saturated rings. The van der Waals surface area contributed by atoms with Crippen molar-refractivity contribution in [3.05, 3.63) is 83.4 Å². The average molecular weight is 493 g/mol. The molecule has 2 heterocycles. The molecule has 1 saturated heterocycles. The Labute approximate surface area is 205 Å². The van der Waals surface area contributed by atoms with Gasteiger partial charge in [-0.05, 0) is 65.4 Å². The van der Waals surface area contributed by atoms with Crippen molar-refractivity contribution in [2.24, 2.45) is 0 Å². The van der Waals surface area contributed by atoms with Crippen LogP contribution in [-0.4, -0.2) is 40.2 Å². The first-order chi connectivity index (χ1) is 17.0. The number of ether oxygens (including phenoxy) is 2. The van der Waals surface area contributed by atoms with E-state index in [2.05, 4.69) is 22.2 Å². The van der Waals surface area contributed by atoms with Crippen LogP contribution in [0.25, 0.3) is 11.1 Å². The number of rotatable bonds is 8. The minimum atomic E-state index is -3.72. The van der Waals surface area contributed by atoms with Crippen LogP contribution < -0.4 is 14.8 Å². The highest BCUT2D eigenvalue weighted by molar-refractivity contribution is 7.89. The molecule has 0 radical (unpaired) electrons. The number of hydrogen-bond acceptors (Lipinski definition) is 5. The van der Waals surface area contributed by atoms with Crippen molar-refractivity contribution in [3.8, 4) is 16.9 Å². The molecular formula is C27H28N2O5S. The zero-order valence-electron chi connectivity index (χ0n) is 19.3. The van der Waals surface area contributed by atoms with Crippen LogP contribution in [0.1, 0.15) is 34.3 Å². The van der Waals surface area contributed by atoms with E-state index >= 15 is 0 Å². The maximum atomic E-state index is 12.7. The van der Waals surface area contributed by atoms with Gasteiger partial charge in [0.05, 0.1) is 17.6 Å². The second kappa shape index (κ2) is 10.2. The fraction of sp³-hybridized carbons (Fsp3) is 0.296. The monoisotopic (exact) mass is 492 g/mol. The van der Waals surface area contributed by atoms with Crippen LogP contribution in [0.4, 0.5) is 0 Å². The van der Waals surface area contributed by atoms with Crippen molar-refractivity contribution in [2.75, 3.05) is 19.8 Å². The Kier molecular flexibility index (Phi) is 6.86. The van der Waals surface area contributed by atoms with Crippen molar-refractivity contribution in [2.45, 2.75) is 36.8 Å². The number of sulfonamides is 1. The SMILES string of the molecule is O=C(NCc1ccc(-c2ccc3c(c2)CCO3)cc1)c1cccc(S(=O)(=O)NCC2CCCO2)c1. The first kappa shape index (κ1) is 23.5. The summed E-state index contributed by atoms with van der Waals surface area (Å²) < 4.78 is 38.9. The molecule has 0 bridgehead atoms. The minimum Gasteiger partial charge on any atom is -0.493 e. The zero-order valence-corrected chi connectivity index (χ0v) is 20.1. The Morgan fingerprint density at radius 2 is 1.80 bits per heavy atom. The number of carbonyl (C=O) groups is 1. The van der Waals surface area contributed by atoms with Crippen LogP contribution in [-0.2, 0) is 27.7 Å². The molecule has 182 valence electrons. The third kappa shape index (κ3) is 5.56. The zero-order chi connectivity index (χ0) is 24.3. The normalized spacial score (nSPS) is 17.1. The molecule has 3 aromatic carbocycles. The minimum absolute atomic E-state index is 0.0623. The highest BCUT2D eigenvalue weighted by Crippen LogP contribution is 2.30.